The molecular weight excluding hydrogens is 432 g/mol. The molecule has 2 unspecified atom stereocenters. The van der Waals surface area contributed by atoms with Gasteiger partial charge in [0.25, 0.3) is 10.2 Å². The van der Waals surface area contributed by atoms with Gasteiger partial charge in [-0.05, 0) is 26.0 Å². The summed E-state index contributed by atoms with van der Waals surface area (Å²) < 4.78 is 63.8. The lowest BCUT2D eigenvalue weighted by molar-refractivity contribution is -0.127. The molecule has 2 aliphatic rings. The van der Waals surface area contributed by atoms with Gasteiger partial charge in [-0.25, -0.2) is 0 Å². The van der Waals surface area contributed by atoms with Gasteiger partial charge < -0.3 is 14.4 Å². The van der Waals surface area contributed by atoms with E-state index < -0.39 is 16.8 Å². The number of para-hydroxylation sites is 1. The molecule has 0 aromatic heterocycles. The van der Waals surface area contributed by atoms with Crippen molar-refractivity contribution in [3.63, 3.8) is 0 Å². The molecule has 2 saturated heterocycles. The van der Waals surface area contributed by atoms with E-state index in [2.05, 4.69) is 4.74 Å². The first-order valence-corrected chi connectivity index (χ1v) is 11.5. The lowest BCUT2D eigenvalue weighted by atomic mass is 10.2. The Labute approximate surface area is 181 Å². The highest BCUT2D eigenvalue weighted by molar-refractivity contribution is 7.86. The number of carbonyl (C=O) groups is 1. The second-order valence-electron chi connectivity index (χ2n) is 7.56. The number of morpholine rings is 1. The van der Waals surface area contributed by atoms with E-state index in [1.807, 2.05) is 13.8 Å². The Morgan fingerprint density at radius 3 is 2.32 bits per heavy atom. The molecule has 2 heterocycles. The predicted octanol–water partition coefficient (Wildman–Crippen LogP) is 1.80. The van der Waals surface area contributed by atoms with Crippen LogP contribution in [-0.4, -0.2) is 85.9 Å². The van der Waals surface area contributed by atoms with Gasteiger partial charge in [0.2, 0.25) is 5.91 Å². The molecule has 1 amide bonds. The molecule has 2 fully saturated rings. The van der Waals surface area contributed by atoms with Gasteiger partial charge in [-0.2, -0.15) is 25.8 Å². The lowest BCUT2D eigenvalue weighted by Crippen LogP contribution is -2.57. The number of hydrogen-bond donors (Lipinski definition) is 0. The highest BCUT2D eigenvalue weighted by atomic mass is 32.2. The Morgan fingerprint density at radius 1 is 1.10 bits per heavy atom. The van der Waals surface area contributed by atoms with Gasteiger partial charge in [-0.15, -0.1) is 0 Å². The summed E-state index contributed by atoms with van der Waals surface area (Å²) in [4.78, 5) is 14.0. The average molecular weight is 460 g/mol. The van der Waals surface area contributed by atoms with Crippen molar-refractivity contribution in [2.24, 2.45) is 0 Å². The van der Waals surface area contributed by atoms with E-state index in [-0.39, 0.29) is 50.0 Å². The number of amides is 1. The van der Waals surface area contributed by atoms with Crippen LogP contribution in [0.15, 0.2) is 30.3 Å². The summed E-state index contributed by atoms with van der Waals surface area (Å²) in [5.74, 6) is -0.344. The quantitative estimate of drug-likeness (QED) is 0.607. The molecule has 1 aromatic rings. The van der Waals surface area contributed by atoms with Gasteiger partial charge >= 0.3 is 6.61 Å². The van der Waals surface area contributed by atoms with Crippen LogP contribution in [0, 0.1) is 0 Å². The first-order valence-electron chi connectivity index (χ1n) is 10.1. The molecule has 0 aliphatic carbocycles. The summed E-state index contributed by atoms with van der Waals surface area (Å²) in [6, 6.07) is 6.18. The highest BCUT2D eigenvalue weighted by Crippen LogP contribution is 2.22. The third-order valence-corrected chi connectivity index (χ3v) is 7.10. The van der Waals surface area contributed by atoms with E-state index in [1.165, 1.54) is 31.7 Å². The van der Waals surface area contributed by atoms with E-state index in [0.717, 1.165) is 0 Å². The minimum Gasteiger partial charge on any atom is -0.434 e. The number of benzene rings is 1. The van der Waals surface area contributed by atoms with Crippen LogP contribution < -0.4 is 4.74 Å². The van der Waals surface area contributed by atoms with Crippen LogP contribution in [0.4, 0.5) is 8.78 Å². The molecule has 0 radical (unpaired) electrons. The van der Waals surface area contributed by atoms with Crippen molar-refractivity contribution in [1.82, 2.24) is 13.5 Å². The molecule has 1 aromatic carbocycles. The van der Waals surface area contributed by atoms with E-state index in [4.69, 9.17) is 4.74 Å². The van der Waals surface area contributed by atoms with Gasteiger partial charge in [-0.3, -0.25) is 4.79 Å². The van der Waals surface area contributed by atoms with Gasteiger partial charge in [0.1, 0.15) is 5.75 Å². The van der Waals surface area contributed by atoms with E-state index >= 15 is 0 Å². The summed E-state index contributed by atoms with van der Waals surface area (Å²) >= 11 is 0. The average Bonchev–Trinajstić information content (AvgIpc) is 2.72. The second-order valence-corrected chi connectivity index (χ2v) is 9.48. The lowest BCUT2D eigenvalue weighted by Gasteiger charge is -2.40. The van der Waals surface area contributed by atoms with Crippen LogP contribution in [-0.2, 0) is 19.7 Å². The van der Waals surface area contributed by atoms with Crippen molar-refractivity contribution in [1.29, 1.82) is 0 Å². The highest BCUT2D eigenvalue weighted by Gasteiger charge is 2.37. The molecule has 0 bridgehead atoms. The molecule has 3 rings (SSSR count). The van der Waals surface area contributed by atoms with E-state index in [0.29, 0.717) is 18.7 Å². The van der Waals surface area contributed by atoms with Crippen molar-refractivity contribution < 1.29 is 31.5 Å². The number of piperazine rings is 1. The number of nitrogens with zero attached hydrogens (tertiary/aromatic N) is 3. The number of ether oxygens (including phenoxy) is 2. The fourth-order valence-corrected chi connectivity index (χ4v) is 5.46. The standard InChI is InChI=1S/C20H27F2N3O5S/c1-15-13-25(14-16(2)29-15)31(27,28)24-11-9-23(10-12-24)19(26)8-7-17-5-3-4-6-18(17)30-20(21)22/h3-8,15-16,20H,9-14H2,1-2H3/b8-7+. The fourth-order valence-electron chi connectivity index (χ4n) is 3.71. The molecule has 0 saturated carbocycles. The number of alkyl halides is 2. The fraction of sp³-hybridized carbons (Fsp3) is 0.550. The summed E-state index contributed by atoms with van der Waals surface area (Å²) in [5, 5.41) is 0. The van der Waals surface area contributed by atoms with Gasteiger partial charge in [0.15, 0.2) is 0 Å². The maximum absolute atomic E-state index is 12.9. The third kappa shape index (κ3) is 6.00. The van der Waals surface area contributed by atoms with Crippen molar-refractivity contribution >= 4 is 22.2 Å². The minimum absolute atomic E-state index is 0.0218. The Morgan fingerprint density at radius 2 is 1.71 bits per heavy atom. The van der Waals surface area contributed by atoms with Crippen molar-refractivity contribution in [2.75, 3.05) is 39.3 Å². The molecule has 2 aliphatic heterocycles. The van der Waals surface area contributed by atoms with Crippen molar-refractivity contribution in [3.8, 4) is 5.75 Å². The SMILES string of the molecule is CC1CN(S(=O)(=O)N2CCN(C(=O)/C=C/c3ccccc3OC(F)F)CC2)CC(C)O1. The molecule has 31 heavy (non-hydrogen) atoms. The summed E-state index contributed by atoms with van der Waals surface area (Å²) in [5.41, 5.74) is 0.355. The Kier molecular flexibility index (Phi) is 7.63. The maximum atomic E-state index is 12.9. The van der Waals surface area contributed by atoms with Crippen LogP contribution in [0.2, 0.25) is 0 Å². The summed E-state index contributed by atoms with van der Waals surface area (Å²) in [7, 11) is -3.63. The third-order valence-electron chi connectivity index (χ3n) is 5.13. The zero-order valence-corrected chi connectivity index (χ0v) is 18.3. The van der Waals surface area contributed by atoms with Crippen LogP contribution in [0.3, 0.4) is 0 Å². The largest absolute Gasteiger partial charge is 0.434 e. The van der Waals surface area contributed by atoms with Crippen LogP contribution >= 0.6 is 0 Å². The van der Waals surface area contributed by atoms with E-state index in [1.54, 1.807) is 18.2 Å². The molecule has 11 heteroatoms. The van der Waals surface area contributed by atoms with Crippen LogP contribution in [0.25, 0.3) is 6.08 Å². The molecule has 0 N–H and O–H groups in total. The second kappa shape index (κ2) is 10.0. The normalized spacial score (nSPS) is 24.1. The number of hydrogen-bond acceptors (Lipinski definition) is 5. The molecule has 2 atom stereocenters. The summed E-state index contributed by atoms with van der Waals surface area (Å²) in [6.45, 7) is 2.18. The zero-order chi connectivity index (χ0) is 22.6. The maximum Gasteiger partial charge on any atom is 0.387 e. The van der Waals surface area contributed by atoms with Crippen LogP contribution in [0.5, 0.6) is 5.75 Å². The van der Waals surface area contributed by atoms with Gasteiger partial charge in [-0.1, -0.05) is 18.2 Å². The Balaban J connectivity index is 1.58. The monoisotopic (exact) mass is 459 g/mol. The number of halogens is 2. The number of carbonyl (C=O) groups excluding carboxylic acids is 1. The van der Waals surface area contributed by atoms with Gasteiger partial charge in [0, 0.05) is 50.9 Å². The van der Waals surface area contributed by atoms with Crippen LogP contribution in [0.1, 0.15) is 19.4 Å². The zero-order valence-electron chi connectivity index (χ0n) is 17.5. The minimum atomic E-state index is -3.63. The first-order chi connectivity index (χ1) is 14.7. The molecular formula is C20H27F2N3O5S. The topological polar surface area (TPSA) is 79.4 Å². The predicted molar refractivity (Wildman–Crippen MR) is 111 cm³/mol. The van der Waals surface area contributed by atoms with Crippen molar-refractivity contribution in [3.05, 3.63) is 35.9 Å². The number of rotatable bonds is 6. The first kappa shape index (κ1) is 23.6. The smallest absolute Gasteiger partial charge is 0.387 e. The Hall–Kier alpha value is -2.08. The molecule has 8 nitrogen and oxygen atoms in total. The molecule has 0 spiro atoms. The Bertz CT molecular complexity index is 894. The van der Waals surface area contributed by atoms with Gasteiger partial charge in [0.05, 0.1) is 12.2 Å². The van der Waals surface area contributed by atoms with E-state index in [9.17, 15) is 22.0 Å². The molecule has 172 valence electrons. The summed E-state index contributed by atoms with van der Waals surface area (Å²) in [6.07, 6.45) is 2.34. The van der Waals surface area contributed by atoms with Crippen molar-refractivity contribution in [2.45, 2.75) is 32.7 Å².